The summed E-state index contributed by atoms with van der Waals surface area (Å²) < 4.78 is 31.0. The summed E-state index contributed by atoms with van der Waals surface area (Å²) in [5.41, 5.74) is -0.744. The second kappa shape index (κ2) is 20.8. The Balaban J connectivity index is 3.26. The van der Waals surface area contributed by atoms with E-state index in [0.717, 1.165) is 12.8 Å². The fraction of sp³-hybridized carbons (Fsp3) is 1.00. The normalized spacial score (nSPS) is 15.0. The molecule has 0 saturated heterocycles. The first-order chi connectivity index (χ1) is 13.1. The Bertz CT molecular complexity index is 325. The maximum absolute atomic E-state index is 11.2. The van der Waals surface area contributed by atoms with E-state index in [1.807, 2.05) is 0 Å². The van der Waals surface area contributed by atoms with Crippen LogP contribution in [0.4, 0.5) is 0 Å². The highest BCUT2D eigenvalue weighted by Gasteiger charge is 2.23. The number of hydrogen-bond donors (Lipinski definition) is 1. The fourth-order valence-corrected chi connectivity index (χ4v) is 3.97. The van der Waals surface area contributed by atoms with Gasteiger partial charge in [-0.3, -0.25) is 0 Å². The summed E-state index contributed by atoms with van der Waals surface area (Å²) in [5.74, 6) is 0. The molecule has 0 heterocycles. The molecule has 0 spiro atoms. The molecular formula is C22H46O4S. The van der Waals surface area contributed by atoms with Crippen LogP contribution in [-0.2, 0) is 20.6 Å². The first-order valence-electron chi connectivity index (χ1n) is 11.4. The van der Waals surface area contributed by atoms with Crippen molar-refractivity contribution in [2.45, 2.75) is 128 Å². The molecule has 0 saturated carbocycles. The Hall–Kier alpha value is 0.0300. The van der Waals surface area contributed by atoms with Gasteiger partial charge in [-0.25, -0.2) is 4.21 Å². The summed E-state index contributed by atoms with van der Waals surface area (Å²) in [7, 11) is 1.53. The van der Waals surface area contributed by atoms with Gasteiger partial charge in [0.1, 0.15) is 0 Å². The second-order valence-electron chi connectivity index (χ2n) is 7.76. The van der Waals surface area contributed by atoms with Crippen LogP contribution in [0, 0.1) is 0 Å². The summed E-state index contributed by atoms with van der Waals surface area (Å²) in [6, 6.07) is 0. The van der Waals surface area contributed by atoms with Crippen molar-refractivity contribution in [2.75, 3.05) is 13.7 Å². The predicted molar refractivity (Wildman–Crippen MR) is 117 cm³/mol. The van der Waals surface area contributed by atoms with Crippen LogP contribution in [0.3, 0.4) is 0 Å². The standard InChI is InChI=1S/C22H46O4S/c1-4-5-6-7-8-9-10-11-12-13-14-15-16-17-18-19-20-26-22(27(23)24)21(2)25-3/h21-22H,4-20H2,1-3H3,(H,23,24). The zero-order valence-corrected chi connectivity index (χ0v) is 19.1. The lowest BCUT2D eigenvalue weighted by Crippen LogP contribution is -2.32. The number of ether oxygens (including phenoxy) is 2. The number of methoxy groups -OCH3 is 1. The van der Waals surface area contributed by atoms with Gasteiger partial charge >= 0.3 is 0 Å². The molecule has 0 fully saturated rings. The molecule has 0 radical (unpaired) electrons. The van der Waals surface area contributed by atoms with Crippen LogP contribution in [-0.4, -0.2) is 34.0 Å². The fourth-order valence-electron chi connectivity index (χ4n) is 3.32. The highest BCUT2D eigenvalue weighted by atomic mass is 32.2. The maximum atomic E-state index is 11.2. The van der Waals surface area contributed by atoms with Crippen LogP contribution in [0.1, 0.15) is 117 Å². The van der Waals surface area contributed by atoms with Gasteiger partial charge in [0.25, 0.3) is 0 Å². The van der Waals surface area contributed by atoms with Crippen LogP contribution in [0.2, 0.25) is 0 Å². The molecule has 0 aliphatic heterocycles. The molecule has 0 amide bonds. The molecule has 27 heavy (non-hydrogen) atoms. The van der Waals surface area contributed by atoms with Crippen LogP contribution in [0.15, 0.2) is 0 Å². The molecule has 3 unspecified atom stereocenters. The summed E-state index contributed by atoms with van der Waals surface area (Å²) in [6.45, 7) is 4.56. The van der Waals surface area contributed by atoms with Crippen molar-refractivity contribution in [3.63, 3.8) is 0 Å². The molecule has 0 bridgehead atoms. The Morgan fingerprint density at radius 2 is 1.11 bits per heavy atom. The Morgan fingerprint density at radius 3 is 1.44 bits per heavy atom. The molecule has 0 aromatic rings. The van der Waals surface area contributed by atoms with Gasteiger partial charge in [-0.15, -0.1) is 0 Å². The van der Waals surface area contributed by atoms with Crippen LogP contribution < -0.4 is 0 Å². The molecule has 0 aliphatic carbocycles. The third kappa shape index (κ3) is 17.8. The van der Waals surface area contributed by atoms with E-state index in [2.05, 4.69) is 6.92 Å². The quantitative estimate of drug-likeness (QED) is 0.167. The molecule has 3 atom stereocenters. The first kappa shape index (κ1) is 27.0. The number of hydrogen-bond acceptors (Lipinski definition) is 3. The molecular weight excluding hydrogens is 360 g/mol. The van der Waals surface area contributed by atoms with Gasteiger partial charge in [-0.2, -0.15) is 0 Å². The van der Waals surface area contributed by atoms with Crippen molar-refractivity contribution in [1.82, 2.24) is 0 Å². The lowest BCUT2D eigenvalue weighted by atomic mass is 10.0. The summed E-state index contributed by atoms with van der Waals surface area (Å²) in [6.07, 6.45) is 21.0. The molecule has 0 aliphatic rings. The average molecular weight is 407 g/mol. The van der Waals surface area contributed by atoms with E-state index in [4.69, 9.17) is 9.47 Å². The van der Waals surface area contributed by atoms with E-state index >= 15 is 0 Å². The average Bonchev–Trinajstić information content (AvgIpc) is 2.66. The van der Waals surface area contributed by atoms with E-state index in [1.165, 1.54) is 97.0 Å². The molecule has 0 rings (SSSR count). The van der Waals surface area contributed by atoms with Gasteiger partial charge in [-0.1, -0.05) is 103 Å². The van der Waals surface area contributed by atoms with Crippen molar-refractivity contribution in [3.05, 3.63) is 0 Å². The molecule has 164 valence electrons. The Labute approximate surface area is 171 Å². The largest absolute Gasteiger partial charge is 0.378 e. The highest BCUT2D eigenvalue weighted by Crippen LogP contribution is 2.14. The summed E-state index contributed by atoms with van der Waals surface area (Å²) in [5, 5.41) is 0. The lowest BCUT2D eigenvalue weighted by molar-refractivity contribution is -0.00788. The van der Waals surface area contributed by atoms with E-state index in [0.29, 0.717) is 6.61 Å². The van der Waals surface area contributed by atoms with Gasteiger partial charge in [0.15, 0.2) is 16.5 Å². The van der Waals surface area contributed by atoms with Crippen LogP contribution in [0.25, 0.3) is 0 Å². The van der Waals surface area contributed by atoms with Crippen LogP contribution in [0.5, 0.6) is 0 Å². The van der Waals surface area contributed by atoms with Crippen molar-refractivity contribution in [3.8, 4) is 0 Å². The van der Waals surface area contributed by atoms with Crippen molar-refractivity contribution in [2.24, 2.45) is 0 Å². The minimum atomic E-state index is -2.00. The Kier molecular flexibility index (Phi) is 20.8. The minimum Gasteiger partial charge on any atom is -0.378 e. The van der Waals surface area contributed by atoms with Gasteiger partial charge in [0.05, 0.1) is 6.10 Å². The van der Waals surface area contributed by atoms with Crippen LogP contribution >= 0.6 is 0 Å². The van der Waals surface area contributed by atoms with Crippen molar-refractivity contribution >= 4 is 11.1 Å². The van der Waals surface area contributed by atoms with Crippen molar-refractivity contribution in [1.29, 1.82) is 0 Å². The second-order valence-corrected chi connectivity index (χ2v) is 8.78. The van der Waals surface area contributed by atoms with Gasteiger partial charge < -0.3 is 14.0 Å². The molecule has 4 nitrogen and oxygen atoms in total. The van der Waals surface area contributed by atoms with Gasteiger partial charge in [0.2, 0.25) is 0 Å². The SMILES string of the molecule is CCCCCCCCCCCCCCCCCCOC(C(C)OC)S(=O)O. The summed E-state index contributed by atoms with van der Waals surface area (Å²) >= 11 is -2.00. The molecule has 0 aromatic carbocycles. The Morgan fingerprint density at radius 1 is 0.741 bits per heavy atom. The molecule has 1 N–H and O–H groups in total. The third-order valence-corrected chi connectivity index (χ3v) is 6.15. The predicted octanol–water partition coefficient (Wildman–Crippen LogP) is 6.85. The first-order valence-corrected chi connectivity index (χ1v) is 12.5. The lowest BCUT2D eigenvalue weighted by Gasteiger charge is -2.19. The van der Waals surface area contributed by atoms with E-state index in [1.54, 1.807) is 6.92 Å². The van der Waals surface area contributed by atoms with Gasteiger partial charge in [0, 0.05) is 13.7 Å². The maximum Gasteiger partial charge on any atom is 0.185 e. The zero-order valence-electron chi connectivity index (χ0n) is 18.3. The number of rotatable bonds is 21. The zero-order chi connectivity index (χ0) is 20.2. The molecule has 0 aromatic heterocycles. The topological polar surface area (TPSA) is 55.8 Å². The third-order valence-electron chi connectivity index (χ3n) is 5.23. The monoisotopic (exact) mass is 406 g/mol. The highest BCUT2D eigenvalue weighted by molar-refractivity contribution is 7.79. The van der Waals surface area contributed by atoms with Crippen molar-refractivity contribution < 1.29 is 18.2 Å². The summed E-state index contributed by atoms with van der Waals surface area (Å²) in [4.78, 5) is 0. The van der Waals surface area contributed by atoms with Gasteiger partial charge in [-0.05, 0) is 13.3 Å². The smallest absolute Gasteiger partial charge is 0.185 e. The van der Waals surface area contributed by atoms with E-state index in [-0.39, 0.29) is 6.10 Å². The van der Waals surface area contributed by atoms with E-state index in [9.17, 15) is 8.76 Å². The van der Waals surface area contributed by atoms with E-state index < -0.39 is 16.5 Å². The number of unbranched alkanes of at least 4 members (excludes halogenated alkanes) is 15. The minimum absolute atomic E-state index is 0.364. The molecule has 5 heteroatoms.